The van der Waals surface area contributed by atoms with Crippen molar-refractivity contribution in [1.82, 2.24) is 0 Å². The van der Waals surface area contributed by atoms with Gasteiger partial charge < -0.3 is 0 Å². The Hall–Kier alpha value is -1.52. The Bertz CT molecular complexity index is 709. The van der Waals surface area contributed by atoms with Crippen molar-refractivity contribution in [3.8, 4) is 0 Å². The maximum atomic E-state index is 12.3. The third-order valence-electron chi connectivity index (χ3n) is 3.12. The van der Waals surface area contributed by atoms with E-state index in [9.17, 15) is 8.42 Å². The fraction of sp³-hybridized carbons (Fsp3) is 0.250. The van der Waals surface area contributed by atoms with Crippen molar-refractivity contribution in [2.45, 2.75) is 25.5 Å². The van der Waals surface area contributed by atoms with Crippen LogP contribution in [0.25, 0.3) is 0 Å². The summed E-state index contributed by atoms with van der Waals surface area (Å²) in [6, 6.07) is 14.3. The molecular formula is C16H18ClNO2S. The van der Waals surface area contributed by atoms with E-state index in [-0.39, 0.29) is 11.7 Å². The molecule has 1 N–H and O–H groups in total. The minimum atomic E-state index is -3.45. The maximum Gasteiger partial charge on any atom is 0.236 e. The summed E-state index contributed by atoms with van der Waals surface area (Å²) in [5.41, 5.74) is 2.33. The molecule has 0 atom stereocenters. The molecule has 0 amide bonds. The number of hydrogen-bond donors (Lipinski definition) is 1. The summed E-state index contributed by atoms with van der Waals surface area (Å²) in [5.74, 6) is 0.177. The molecule has 21 heavy (non-hydrogen) atoms. The average molecular weight is 324 g/mol. The van der Waals surface area contributed by atoms with Crippen LogP contribution in [0.1, 0.15) is 30.9 Å². The Labute approximate surface area is 131 Å². The van der Waals surface area contributed by atoms with E-state index in [1.165, 1.54) is 0 Å². The molecule has 0 unspecified atom stereocenters. The van der Waals surface area contributed by atoms with Gasteiger partial charge in [0.25, 0.3) is 0 Å². The standard InChI is InChI=1S/C16H18ClNO2S/c1-12(2)15-5-3-4-6-16(15)18-21(19,20)11-13-7-9-14(17)10-8-13/h3-10,12,18H,11H2,1-2H3. The second kappa shape index (κ2) is 6.50. The second-order valence-corrected chi connectivity index (χ2v) is 7.39. The molecule has 0 saturated heterocycles. The minimum absolute atomic E-state index is 0.0728. The number of sulfonamides is 1. The van der Waals surface area contributed by atoms with Crippen LogP contribution in [-0.4, -0.2) is 8.42 Å². The van der Waals surface area contributed by atoms with Crippen molar-refractivity contribution < 1.29 is 8.42 Å². The number of nitrogens with one attached hydrogen (secondary N) is 1. The smallest absolute Gasteiger partial charge is 0.236 e. The summed E-state index contributed by atoms with van der Waals surface area (Å²) < 4.78 is 27.2. The topological polar surface area (TPSA) is 46.2 Å². The van der Waals surface area contributed by atoms with E-state index in [0.29, 0.717) is 16.3 Å². The van der Waals surface area contributed by atoms with E-state index >= 15 is 0 Å². The van der Waals surface area contributed by atoms with Gasteiger partial charge in [-0.25, -0.2) is 8.42 Å². The summed E-state index contributed by atoms with van der Waals surface area (Å²) in [5, 5.41) is 0.592. The molecule has 0 heterocycles. The van der Waals surface area contributed by atoms with Gasteiger partial charge in [-0.3, -0.25) is 4.72 Å². The van der Waals surface area contributed by atoms with Crippen LogP contribution < -0.4 is 4.72 Å². The Balaban J connectivity index is 2.20. The summed E-state index contributed by atoms with van der Waals surface area (Å²) in [6.45, 7) is 4.07. The summed E-state index contributed by atoms with van der Waals surface area (Å²) in [7, 11) is -3.45. The third kappa shape index (κ3) is 4.48. The molecule has 2 rings (SSSR count). The first kappa shape index (κ1) is 15.9. The highest BCUT2D eigenvalue weighted by molar-refractivity contribution is 7.91. The molecule has 0 bridgehead atoms. The van der Waals surface area contributed by atoms with Crippen molar-refractivity contribution >= 4 is 27.3 Å². The lowest BCUT2D eigenvalue weighted by Gasteiger charge is -2.14. The molecule has 0 spiro atoms. The van der Waals surface area contributed by atoms with Crippen molar-refractivity contribution in [2.24, 2.45) is 0 Å². The van der Waals surface area contributed by atoms with Crippen LogP contribution in [0.15, 0.2) is 48.5 Å². The number of anilines is 1. The van der Waals surface area contributed by atoms with Gasteiger partial charge in [-0.2, -0.15) is 0 Å². The van der Waals surface area contributed by atoms with Crippen LogP contribution in [0, 0.1) is 0 Å². The number of rotatable bonds is 5. The van der Waals surface area contributed by atoms with Gasteiger partial charge in [-0.05, 0) is 35.2 Å². The highest BCUT2D eigenvalue weighted by atomic mass is 35.5. The normalized spacial score (nSPS) is 11.6. The number of hydrogen-bond acceptors (Lipinski definition) is 2. The van der Waals surface area contributed by atoms with Crippen LogP contribution >= 0.6 is 11.6 Å². The number of halogens is 1. The Morgan fingerprint density at radius 1 is 1.05 bits per heavy atom. The summed E-state index contributed by atoms with van der Waals surface area (Å²) in [6.07, 6.45) is 0. The first-order chi connectivity index (χ1) is 9.87. The lowest BCUT2D eigenvalue weighted by Crippen LogP contribution is -2.16. The zero-order valence-electron chi connectivity index (χ0n) is 12.0. The van der Waals surface area contributed by atoms with Gasteiger partial charge in [0.05, 0.1) is 11.4 Å². The fourth-order valence-electron chi connectivity index (χ4n) is 2.10. The zero-order valence-corrected chi connectivity index (χ0v) is 13.6. The highest BCUT2D eigenvalue weighted by Gasteiger charge is 2.15. The molecule has 0 fully saturated rings. The molecule has 0 aliphatic heterocycles. The van der Waals surface area contributed by atoms with Crippen LogP contribution in [0.2, 0.25) is 5.02 Å². The van der Waals surface area contributed by atoms with Gasteiger partial charge in [-0.1, -0.05) is 55.8 Å². The molecule has 0 aromatic heterocycles. The van der Waals surface area contributed by atoms with E-state index < -0.39 is 10.0 Å². The lowest BCUT2D eigenvalue weighted by molar-refractivity contribution is 0.600. The van der Waals surface area contributed by atoms with E-state index in [2.05, 4.69) is 4.72 Å². The predicted molar refractivity (Wildman–Crippen MR) is 88.2 cm³/mol. The van der Waals surface area contributed by atoms with Gasteiger partial charge in [0.1, 0.15) is 0 Å². The van der Waals surface area contributed by atoms with E-state index in [1.807, 2.05) is 32.0 Å². The second-order valence-electron chi connectivity index (χ2n) is 5.23. The third-order valence-corrected chi connectivity index (χ3v) is 4.61. The molecule has 0 aliphatic rings. The minimum Gasteiger partial charge on any atom is -0.283 e. The van der Waals surface area contributed by atoms with E-state index in [1.54, 1.807) is 30.3 Å². The van der Waals surface area contributed by atoms with Crippen LogP contribution in [0.4, 0.5) is 5.69 Å². The Kier molecular flexibility index (Phi) is 4.91. The fourth-order valence-corrected chi connectivity index (χ4v) is 3.45. The number of para-hydroxylation sites is 1. The molecule has 0 radical (unpaired) electrons. The molecular weight excluding hydrogens is 306 g/mol. The quantitative estimate of drug-likeness (QED) is 0.886. The van der Waals surface area contributed by atoms with Crippen LogP contribution in [0.5, 0.6) is 0 Å². The van der Waals surface area contributed by atoms with Gasteiger partial charge in [0.2, 0.25) is 10.0 Å². The van der Waals surface area contributed by atoms with Crippen LogP contribution in [0.3, 0.4) is 0 Å². The number of benzene rings is 2. The molecule has 3 nitrogen and oxygen atoms in total. The van der Waals surface area contributed by atoms with Crippen molar-refractivity contribution in [3.63, 3.8) is 0 Å². The van der Waals surface area contributed by atoms with Crippen molar-refractivity contribution in [1.29, 1.82) is 0 Å². The maximum absolute atomic E-state index is 12.3. The van der Waals surface area contributed by atoms with Gasteiger partial charge in [0.15, 0.2) is 0 Å². The van der Waals surface area contributed by atoms with Crippen LogP contribution in [-0.2, 0) is 15.8 Å². The Morgan fingerprint density at radius 3 is 2.29 bits per heavy atom. The first-order valence-electron chi connectivity index (χ1n) is 6.71. The molecule has 2 aromatic carbocycles. The van der Waals surface area contributed by atoms with E-state index in [0.717, 1.165) is 5.56 Å². The molecule has 0 saturated carbocycles. The predicted octanol–water partition coefficient (Wildman–Crippen LogP) is 4.41. The van der Waals surface area contributed by atoms with Gasteiger partial charge in [-0.15, -0.1) is 0 Å². The summed E-state index contributed by atoms with van der Waals surface area (Å²) in [4.78, 5) is 0. The largest absolute Gasteiger partial charge is 0.283 e. The van der Waals surface area contributed by atoms with Crippen molar-refractivity contribution in [2.75, 3.05) is 4.72 Å². The molecule has 2 aromatic rings. The monoisotopic (exact) mass is 323 g/mol. The molecule has 0 aliphatic carbocycles. The molecule has 112 valence electrons. The Morgan fingerprint density at radius 2 is 1.67 bits per heavy atom. The zero-order chi connectivity index (χ0) is 15.5. The van der Waals surface area contributed by atoms with Gasteiger partial charge >= 0.3 is 0 Å². The average Bonchev–Trinajstić information content (AvgIpc) is 2.41. The van der Waals surface area contributed by atoms with Gasteiger partial charge in [0, 0.05) is 5.02 Å². The van der Waals surface area contributed by atoms with E-state index in [4.69, 9.17) is 11.6 Å². The first-order valence-corrected chi connectivity index (χ1v) is 8.74. The van der Waals surface area contributed by atoms with Crippen molar-refractivity contribution in [3.05, 3.63) is 64.7 Å². The highest BCUT2D eigenvalue weighted by Crippen LogP contribution is 2.25. The summed E-state index contributed by atoms with van der Waals surface area (Å²) >= 11 is 5.80. The molecule has 5 heteroatoms. The lowest BCUT2D eigenvalue weighted by atomic mass is 10.0. The SMILES string of the molecule is CC(C)c1ccccc1NS(=O)(=O)Cc1ccc(Cl)cc1.